The molecule has 4 rings (SSSR count). The summed E-state index contributed by atoms with van der Waals surface area (Å²) in [5.41, 5.74) is 10.7. The van der Waals surface area contributed by atoms with E-state index in [2.05, 4.69) is 49.0 Å². The second-order valence-electron chi connectivity index (χ2n) is 9.91. The molecule has 0 bridgehead atoms. The molecule has 2 saturated carbocycles. The van der Waals surface area contributed by atoms with Gasteiger partial charge in [0, 0.05) is 11.5 Å². The molecule has 142 valence electrons. The molecule has 0 aromatic carbocycles. The highest BCUT2D eigenvalue weighted by Gasteiger charge is 2.58. The predicted molar refractivity (Wildman–Crippen MR) is 104 cm³/mol. The number of aliphatic hydroxyl groups excluding tert-OH is 1. The quantitative estimate of drug-likeness (QED) is 0.397. The summed E-state index contributed by atoms with van der Waals surface area (Å²) in [5, 5.41) is 13.9. The number of fused-ring (bicyclic) bond motifs is 5. The number of allylic oxidation sites excluding steroid dienone is 3. The first-order valence-electron chi connectivity index (χ1n) is 10.5. The lowest BCUT2D eigenvalue weighted by Gasteiger charge is -2.57. The monoisotopic (exact) mass is 355 g/mol. The fourth-order valence-corrected chi connectivity index (χ4v) is 7.41. The van der Waals surface area contributed by atoms with Crippen LogP contribution in [-0.2, 0) is 0 Å². The average Bonchev–Trinajstić information content (AvgIpc) is 2.97. The fraction of sp³-hybridized carbons (Fsp3) is 0.818. The first kappa shape index (κ1) is 18.1. The van der Waals surface area contributed by atoms with Gasteiger partial charge in [0.25, 0.3) is 0 Å². The standard InChI is InChI=1S/C22H33N3O/c1-14(13-24-25-23)18-6-7-19-17-5-4-15-12-16(26)8-10-21(15,2)20(17)9-11-22(18,19)3/h4-5,12,14,16-20,26H,6-11,13H2,1-3H3/t14-,16?,17?,18?,19?,20?,21+,22-/m1/s1. The first-order chi connectivity index (χ1) is 12.4. The van der Waals surface area contributed by atoms with Crippen molar-refractivity contribution >= 4 is 0 Å². The van der Waals surface area contributed by atoms with Gasteiger partial charge in [0.05, 0.1) is 6.10 Å². The van der Waals surface area contributed by atoms with Crippen LogP contribution in [0.15, 0.2) is 28.9 Å². The minimum atomic E-state index is -0.259. The third-order valence-electron chi connectivity index (χ3n) is 8.83. The summed E-state index contributed by atoms with van der Waals surface area (Å²) >= 11 is 0. The number of hydrogen-bond acceptors (Lipinski definition) is 2. The Labute approximate surface area is 157 Å². The molecule has 4 heteroatoms. The summed E-state index contributed by atoms with van der Waals surface area (Å²) in [4.78, 5) is 2.99. The largest absolute Gasteiger partial charge is 0.389 e. The van der Waals surface area contributed by atoms with Crippen molar-refractivity contribution in [2.75, 3.05) is 6.54 Å². The van der Waals surface area contributed by atoms with Crippen LogP contribution in [0.4, 0.5) is 0 Å². The summed E-state index contributed by atoms with van der Waals surface area (Å²) in [5.74, 6) is 3.28. The van der Waals surface area contributed by atoms with E-state index in [1.165, 1.54) is 31.3 Å². The Morgan fingerprint density at radius 1 is 1.23 bits per heavy atom. The molecule has 0 amide bonds. The Hall–Kier alpha value is -1.25. The highest BCUT2D eigenvalue weighted by atomic mass is 16.3. The molecule has 0 radical (unpaired) electrons. The zero-order chi connectivity index (χ0) is 18.5. The second-order valence-corrected chi connectivity index (χ2v) is 9.91. The van der Waals surface area contributed by atoms with Crippen molar-refractivity contribution in [3.8, 4) is 0 Å². The van der Waals surface area contributed by atoms with Crippen LogP contribution in [0.5, 0.6) is 0 Å². The molecule has 0 aromatic rings. The number of rotatable bonds is 3. The van der Waals surface area contributed by atoms with Crippen molar-refractivity contribution in [1.82, 2.24) is 0 Å². The van der Waals surface area contributed by atoms with Crippen LogP contribution in [0, 0.1) is 40.4 Å². The van der Waals surface area contributed by atoms with Crippen LogP contribution in [-0.4, -0.2) is 17.8 Å². The van der Waals surface area contributed by atoms with E-state index in [4.69, 9.17) is 5.53 Å². The minimum Gasteiger partial charge on any atom is -0.389 e. The summed E-state index contributed by atoms with van der Waals surface area (Å²) in [6.07, 6.45) is 13.9. The van der Waals surface area contributed by atoms with Gasteiger partial charge in [-0.3, -0.25) is 0 Å². The number of nitrogens with zero attached hydrogens (tertiary/aromatic N) is 3. The SMILES string of the molecule is C[C@H](CN=[N+]=[N-])C1CCC2C3C=CC4=CC(O)CC[C@]4(C)C3CC[C@@]21C. The van der Waals surface area contributed by atoms with E-state index < -0.39 is 0 Å². The molecule has 4 aliphatic rings. The van der Waals surface area contributed by atoms with Crippen molar-refractivity contribution in [3.05, 3.63) is 34.2 Å². The van der Waals surface area contributed by atoms with Gasteiger partial charge in [-0.05, 0) is 90.0 Å². The van der Waals surface area contributed by atoms with Crippen LogP contribution in [0.3, 0.4) is 0 Å². The maximum atomic E-state index is 10.1. The summed E-state index contributed by atoms with van der Waals surface area (Å²) in [7, 11) is 0. The van der Waals surface area contributed by atoms with Gasteiger partial charge >= 0.3 is 0 Å². The maximum Gasteiger partial charge on any atom is 0.0727 e. The molecule has 1 N–H and O–H groups in total. The predicted octanol–water partition coefficient (Wildman–Crippen LogP) is 5.65. The molecule has 4 nitrogen and oxygen atoms in total. The average molecular weight is 356 g/mol. The number of hydrogen-bond donors (Lipinski definition) is 1. The first-order valence-corrected chi connectivity index (χ1v) is 10.5. The van der Waals surface area contributed by atoms with Gasteiger partial charge in [-0.2, -0.15) is 0 Å². The van der Waals surface area contributed by atoms with Crippen molar-refractivity contribution in [1.29, 1.82) is 0 Å². The van der Waals surface area contributed by atoms with Crippen molar-refractivity contribution in [2.24, 2.45) is 45.5 Å². The molecule has 8 atom stereocenters. The van der Waals surface area contributed by atoms with Crippen LogP contribution in [0.2, 0.25) is 0 Å². The maximum absolute atomic E-state index is 10.1. The fourth-order valence-electron chi connectivity index (χ4n) is 7.41. The van der Waals surface area contributed by atoms with Crippen LogP contribution >= 0.6 is 0 Å². The molecule has 0 heterocycles. The van der Waals surface area contributed by atoms with E-state index in [9.17, 15) is 5.11 Å². The molecule has 26 heavy (non-hydrogen) atoms. The van der Waals surface area contributed by atoms with E-state index in [1.807, 2.05) is 0 Å². The van der Waals surface area contributed by atoms with Crippen LogP contribution in [0.25, 0.3) is 10.4 Å². The molecule has 0 saturated heterocycles. The molecule has 0 aromatic heterocycles. The third-order valence-corrected chi connectivity index (χ3v) is 8.83. The number of azide groups is 1. The Balaban J connectivity index is 1.62. The van der Waals surface area contributed by atoms with E-state index >= 15 is 0 Å². The van der Waals surface area contributed by atoms with Crippen molar-refractivity contribution < 1.29 is 5.11 Å². The molecular weight excluding hydrogens is 322 g/mol. The van der Waals surface area contributed by atoms with Gasteiger partial charge in [-0.1, -0.05) is 44.1 Å². The Kier molecular flexibility index (Phi) is 4.48. The Morgan fingerprint density at radius 2 is 2.04 bits per heavy atom. The zero-order valence-corrected chi connectivity index (χ0v) is 16.4. The smallest absolute Gasteiger partial charge is 0.0727 e. The van der Waals surface area contributed by atoms with E-state index in [-0.39, 0.29) is 11.5 Å². The minimum absolute atomic E-state index is 0.245. The normalized spacial score (nSPS) is 47.8. The third kappa shape index (κ3) is 2.57. The van der Waals surface area contributed by atoms with E-state index in [1.54, 1.807) is 0 Å². The van der Waals surface area contributed by atoms with Gasteiger partial charge in [0.1, 0.15) is 0 Å². The molecule has 0 aliphatic heterocycles. The molecule has 5 unspecified atom stereocenters. The second kappa shape index (κ2) is 6.42. The highest BCUT2D eigenvalue weighted by molar-refractivity contribution is 5.36. The molecule has 4 aliphatic carbocycles. The molecule has 2 fully saturated rings. The summed E-state index contributed by atoms with van der Waals surface area (Å²) < 4.78 is 0. The van der Waals surface area contributed by atoms with Gasteiger partial charge in [0.2, 0.25) is 0 Å². The summed E-state index contributed by atoms with van der Waals surface area (Å²) in [6.45, 7) is 7.88. The Morgan fingerprint density at radius 3 is 2.81 bits per heavy atom. The van der Waals surface area contributed by atoms with Crippen molar-refractivity contribution in [3.63, 3.8) is 0 Å². The van der Waals surface area contributed by atoms with Gasteiger partial charge in [0.15, 0.2) is 0 Å². The number of aliphatic hydroxyl groups is 1. The lowest BCUT2D eigenvalue weighted by Crippen LogP contribution is -2.49. The molecular formula is C22H33N3O. The highest BCUT2D eigenvalue weighted by Crippen LogP contribution is 2.66. The van der Waals surface area contributed by atoms with Crippen LogP contribution in [0.1, 0.15) is 59.3 Å². The van der Waals surface area contributed by atoms with Crippen molar-refractivity contribution in [2.45, 2.75) is 65.4 Å². The van der Waals surface area contributed by atoms with Gasteiger partial charge < -0.3 is 5.11 Å². The van der Waals surface area contributed by atoms with E-state index in [0.717, 1.165) is 24.7 Å². The van der Waals surface area contributed by atoms with Gasteiger partial charge in [-0.15, -0.1) is 0 Å². The lowest BCUT2D eigenvalue weighted by molar-refractivity contribution is -0.0282. The molecule has 0 spiro atoms. The zero-order valence-electron chi connectivity index (χ0n) is 16.4. The van der Waals surface area contributed by atoms with Gasteiger partial charge in [-0.25, -0.2) is 0 Å². The lowest BCUT2D eigenvalue weighted by atomic mass is 9.48. The summed E-state index contributed by atoms with van der Waals surface area (Å²) in [6, 6.07) is 0. The topological polar surface area (TPSA) is 69.0 Å². The van der Waals surface area contributed by atoms with Crippen LogP contribution < -0.4 is 0 Å². The Bertz CT molecular complexity index is 679. The van der Waals surface area contributed by atoms with E-state index in [0.29, 0.717) is 29.7 Å².